The minimum atomic E-state index is -0.369. The molecule has 0 aliphatic carbocycles. The van der Waals surface area contributed by atoms with Gasteiger partial charge in [0.25, 0.3) is 0 Å². The molecule has 0 radical (unpaired) electrons. The Morgan fingerprint density at radius 3 is 2.81 bits per heavy atom. The molecule has 3 unspecified atom stereocenters. The van der Waals surface area contributed by atoms with Crippen LogP contribution in [0.5, 0.6) is 0 Å². The summed E-state index contributed by atoms with van der Waals surface area (Å²) in [5.41, 5.74) is 6.65. The molecule has 3 atom stereocenters. The van der Waals surface area contributed by atoms with Gasteiger partial charge in [-0.2, -0.15) is 0 Å². The quantitative estimate of drug-likeness (QED) is 0.887. The largest absolute Gasteiger partial charge is 0.394 e. The van der Waals surface area contributed by atoms with E-state index in [9.17, 15) is 9.50 Å². The number of halogens is 1. The van der Waals surface area contributed by atoms with Crippen molar-refractivity contribution in [2.75, 3.05) is 19.7 Å². The van der Waals surface area contributed by atoms with Crippen molar-refractivity contribution in [1.82, 2.24) is 4.90 Å². The first-order chi connectivity index (χ1) is 9.82. The predicted octanol–water partition coefficient (Wildman–Crippen LogP) is 1.69. The number of aliphatic hydroxyl groups excluding tert-OH is 1. The van der Waals surface area contributed by atoms with Crippen molar-refractivity contribution in [2.45, 2.75) is 44.6 Å². The lowest BCUT2D eigenvalue weighted by molar-refractivity contribution is -0.158. The van der Waals surface area contributed by atoms with Gasteiger partial charge in [0, 0.05) is 25.2 Å². The Balaban J connectivity index is 2.29. The predicted molar refractivity (Wildman–Crippen MR) is 80.4 cm³/mol. The highest BCUT2D eigenvalue weighted by Crippen LogP contribution is 2.31. The first-order valence-electron chi connectivity index (χ1n) is 7.36. The van der Waals surface area contributed by atoms with E-state index in [0.717, 1.165) is 5.56 Å². The van der Waals surface area contributed by atoms with Crippen molar-refractivity contribution in [2.24, 2.45) is 5.73 Å². The second-order valence-electron chi connectivity index (χ2n) is 6.47. The molecule has 0 aromatic heterocycles. The summed E-state index contributed by atoms with van der Waals surface area (Å²) < 4.78 is 19.4. The molecule has 0 saturated carbocycles. The van der Waals surface area contributed by atoms with Gasteiger partial charge in [-0.1, -0.05) is 12.1 Å². The Hall–Kier alpha value is -1.01. The Morgan fingerprint density at radius 1 is 1.52 bits per heavy atom. The molecule has 118 valence electrons. The van der Waals surface area contributed by atoms with Gasteiger partial charge in [-0.3, -0.25) is 4.90 Å². The standard InChI is InChI=1S/C16H25FN2O2/c1-11(18)15(12-5-4-6-13(17)7-12)19-8-14(9-20)21-16(2,3)10-19/h4-7,11,14-15,20H,8-10,18H2,1-3H3. The number of nitrogens with two attached hydrogens (primary N) is 1. The van der Waals surface area contributed by atoms with Gasteiger partial charge in [-0.15, -0.1) is 0 Å². The maximum atomic E-state index is 13.5. The summed E-state index contributed by atoms with van der Waals surface area (Å²) in [4.78, 5) is 2.18. The second kappa shape index (κ2) is 6.40. The highest BCUT2D eigenvalue weighted by molar-refractivity contribution is 5.22. The van der Waals surface area contributed by atoms with E-state index in [1.54, 1.807) is 6.07 Å². The van der Waals surface area contributed by atoms with Crippen LogP contribution in [0, 0.1) is 5.82 Å². The van der Waals surface area contributed by atoms with E-state index in [0.29, 0.717) is 13.1 Å². The zero-order chi connectivity index (χ0) is 15.6. The number of morpholine rings is 1. The van der Waals surface area contributed by atoms with Gasteiger partial charge in [0.2, 0.25) is 0 Å². The fraction of sp³-hybridized carbons (Fsp3) is 0.625. The Morgan fingerprint density at radius 2 is 2.24 bits per heavy atom. The topological polar surface area (TPSA) is 58.7 Å². The number of hydrogen-bond donors (Lipinski definition) is 2. The number of hydrogen-bond acceptors (Lipinski definition) is 4. The Labute approximate surface area is 125 Å². The van der Waals surface area contributed by atoms with Crippen LogP contribution in [0.15, 0.2) is 24.3 Å². The molecule has 4 nitrogen and oxygen atoms in total. The van der Waals surface area contributed by atoms with Crippen LogP contribution in [0.3, 0.4) is 0 Å². The van der Waals surface area contributed by atoms with Crippen LogP contribution in [0.25, 0.3) is 0 Å². The third-order valence-electron chi connectivity index (χ3n) is 3.79. The zero-order valence-corrected chi connectivity index (χ0v) is 12.9. The molecule has 1 aromatic carbocycles. The first kappa shape index (κ1) is 16.4. The summed E-state index contributed by atoms with van der Waals surface area (Å²) in [5.74, 6) is -0.260. The maximum absolute atomic E-state index is 13.5. The molecule has 1 fully saturated rings. The number of ether oxygens (including phenoxy) is 1. The fourth-order valence-electron chi connectivity index (χ4n) is 3.19. The van der Waals surface area contributed by atoms with E-state index in [1.165, 1.54) is 12.1 Å². The minimum Gasteiger partial charge on any atom is -0.394 e. The third-order valence-corrected chi connectivity index (χ3v) is 3.79. The van der Waals surface area contributed by atoms with Crippen molar-refractivity contribution < 1.29 is 14.2 Å². The molecular formula is C16H25FN2O2. The van der Waals surface area contributed by atoms with Crippen LogP contribution in [0.1, 0.15) is 32.4 Å². The van der Waals surface area contributed by atoms with Gasteiger partial charge in [-0.05, 0) is 38.5 Å². The normalized spacial score (nSPS) is 25.5. The Kier molecular flexibility index (Phi) is 4.99. The molecule has 0 spiro atoms. The molecule has 1 aliphatic rings. The Bertz CT molecular complexity index is 479. The lowest BCUT2D eigenvalue weighted by atomic mass is 9.95. The number of aliphatic hydroxyl groups is 1. The van der Waals surface area contributed by atoms with E-state index in [-0.39, 0.29) is 36.2 Å². The molecule has 3 N–H and O–H groups in total. The van der Waals surface area contributed by atoms with E-state index < -0.39 is 0 Å². The van der Waals surface area contributed by atoms with Gasteiger partial charge >= 0.3 is 0 Å². The summed E-state index contributed by atoms with van der Waals surface area (Å²) in [6.07, 6.45) is -0.247. The SMILES string of the molecule is CC(N)C(c1cccc(F)c1)N1CC(CO)OC(C)(C)C1. The van der Waals surface area contributed by atoms with Crippen LogP contribution in [-0.2, 0) is 4.74 Å². The highest BCUT2D eigenvalue weighted by atomic mass is 19.1. The van der Waals surface area contributed by atoms with Crippen molar-refractivity contribution in [3.8, 4) is 0 Å². The molecule has 21 heavy (non-hydrogen) atoms. The van der Waals surface area contributed by atoms with E-state index in [1.807, 2.05) is 26.8 Å². The smallest absolute Gasteiger partial charge is 0.123 e. The zero-order valence-electron chi connectivity index (χ0n) is 12.9. The van der Waals surface area contributed by atoms with Gasteiger partial charge in [0.1, 0.15) is 5.82 Å². The first-order valence-corrected chi connectivity index (χ1v) is 7.36. The summed E-state index contributed by atoms with van der Waals surface area (Å²) in [6, 6.07) is 6.31. The molecular weight excluding hydrogens is 271 g/mol. The second-order valence-corrected chi connectivity index (χ2v) is 6.47. The third kappa shape index (κ3) is 4.01. The molecule has 1 saturated heterocycles. The molecule has 0 amide bonds. The van der Waals surface area contributed by atoms with Crippen LogP contribution >= 0.6 is 0 Å². The van der Waals surface area contributed by atoms with E-state index in [4.69, 9.17) is 10.5 Å². The van der Waals surface area contributed by atoms with Crippen molar-refractivity contribution in [3.63, 3.8) is 0 Å². The fourth-order valence-corrected chi connectivity index (χ4v) is 3.19. The van der Waals surface area contributed by atoms with Crippen molar-refractivity contribution >= 4 is 0 Å². The summed E-state index contributed by atoms with van der Waals surface area (Å²) >= 11 is 0. The van der Waals surface area contributed by atoms with E-state index >= 15 is 0 Å². The molecule has 1 heterocycles. The molecule has 1 aromatic rings. The molecule has 0 bridgehead atoms. The average Bonchev–Trinajstić information content (AvgIpc) is 2.36. The van der Waals surface area contributed by atoms with Crippen LogP contribution in [0.2, 0.25) is 0 Å². The number of nitrogens with zero attached hydrogens (tertiary/aromatic N) is 1. The molecule has 1 aliphatic heterocycles. The van der Waals surface area contributed by atoms with Crippen molar-refractivity contribution in [3.05, 3.63) is 35.6 Å². The monoisotopic (exact) mass is 296 g/mol. The molecule has 5 heteroatoms. The van der Waals surface area contributed by atoms with Gasteiger partial charge in [-0.25, -0.2) is 4.39 Å². The number of benzene rings is 1. The van der Waals surface area contributed by atoms with Gasteiger partial charge < -0.3 is 15.6 Å². The summed E-state index contributed by atoms with van der Waals surface area (Å²) in [7, 11) is 0. The van der Waals surface area contributed by atoms with Crippen LogP contribution in [-0.4, -0.2) is 47.4 Å². The summed E-state index contributed by atoms with van der Waals surface area (Å²) in [6.45, 7) is 7.15. The van der Waals surface area contributed by atoms with Gasteiger partial charge in [0.15, 0.2) is 0 Å². The van der Waals surface area contributed by atoms with Crippen LogP contribution in [0.4, 0.5) is 4.39 Å². The van der Waals surface area contributed by atoms with Gasteiger partial charge in [0.05, 0.1) is 18.3 Å². The highest BCUT2D eigenvalue weighted by Gasteiger charge is 2.37. The van der Waals surface area contributed by atoms with E-state index in [2.05, 4.69) is 4.90 Å². The average molecular weight is 296 g/mol. The maximum Gasteiger partial charge on any atom is 0.123 e. The number of rotatable bonds is 4. The lowest BCUT2D eigenvalue weighted by Gasteiger charge is -2.46. The minimum absolute atomic E-state index is 0.0330. The lowest BCUT2D eigenvalue weighted by Crippen LogP contribution is -2.56. The summed E-state index contributed by atoms with van der Waals surface area (Å²) in [5, 5.41) is 9.43. The molecule has 2 rings (SSSR count). The van der Waals surface area contributed by atoms with Crippen molar-refractivity contribution in [1.29, 1.82) is 0 Å². The van der Waals surface area contributed by atoms with Crippen LogP contribution < -0.4 is 5.73 Å².